The minimum atomic E-state index is -0.197. The highest BCUT2D eigenvalue weighted by Crippen LogP contribution is 2.33. The van der Waals surface area contributed by atoms with Crippen molar-refractivity contribution in [3.63, 3.8) is 0 Å². The van der Waals surface area contributed by atoms with Gasteiger partial charge in [-0.2, -0.15) is 0 Å². The lowest BCUT2D eigenvalue weighted by molar-refractivity contribution is 0.210. The SMILES string of the molecule is OCc1ccc(CN2CCC[C@H]2c2ccc(F)cc2)o1. The van der Waals surface area contributed by atoms with Crippen LogP contribution in [0.2, 0.25) is 0 Å². The Morgan fingerprint density at radius 3 is 2.60 bits per heavy atom. The van der Waals surface area contributed by atoms with Crippen LogP contribution in [0.15, 0.2) is 40.8 Å². The summed E-state index contributed by atoms with van der Waals surface area (Å²) in [6.07, 6.45) is 2.22. The Kier molecular flexibility index (Phi) is 3.85. The number of rotatable bonds is 4. The molecule has 1 atom stereocenters. The molecule has 1 fully saturated rings. The first-order valence-electron chi connectivity index (χ1n) is 6.94. The fourth-order valence-corrected chi connectivity index (χ4v) is 2.87. The molecule has 0 bridgehead atoms. The molecule has 3 nitrogen and oxygen atoms in total. The topological polar surface area (TPSA) is 36.6 Å². The van der Waals surface area contributed by atoms with E-state index < -0.39 is 0 Å². The van der Waals surface area contributed by atoms with Crippen molar-refractivity contribution in [2.45, 2.75) is 32.0 Å². The molecule has 20 heavy (non-hydrogen) atoms. The molecule has 0 unspecified atom stereocenters. The quantitative estimate of drug-likeness (QED) is 0.930. The average molecular weight is 275 g/mol. The molecule has 0 aliphatic carbocycles. The third-order valence-electron chi connectivity index (χ3n) is 3.85. The number of halogens is 1. The Morgan fingerprint density at radius 1 is 1.15 bits per heavy atom. The van der Waals surface area contributed by atoms with Gasteiger partial charge in [0.15, 0.2) is 0 Å². The minimum absolute atomic E-state index is 0.0681. The van der Waals surface area contributed by atoms with E-state index in [1.807, 2.05) is 18.2 Å². The van der Waals surface area contributed by atoms with Crippen LogP contribution in [0.5, 0.6) is 0 Å². The lowest BCUT2D eigenvalue weighted by atomic mass is 10.0. The molecule has 0 saturated carbocycles. The fraction of sp³-hybridized carbons (Fsp3) is 0.375. The van der Waals surface area contributed by atoms with Crippen molar-refractivity contribution in [1.29, 1.82) is 0 Å². The van der Waals surface area contributed by atoms with Gasteiger partial charge in [0.1, 0.15) is 23.9 Å². The zero-order valence-electron chi connectivity index (χ0n) is 11.3. The van der Waals surface area contributed by atoms with Crippen molar-refractivity contribution < 1.29 is 13.9 Å². The summed E-state index contributed by atoms with van der Waals surface area (Å²) in [6, 6.07) is 10.8. The van der Waals surface area contributed by atoms with Crippen LogP contribution in [0.4, 0.5) is 4.39 Å². The van der Waals surface area contributed by atoms with Crippen molar-refractivity contribution >= 4 is 0 Å². The van der Waals surface area contributed by atoms with E-state index in [0.717, 1.165) is 37.3 Å². The first kappa shape index (κ1) is 13.3. The number of hydrogen-bond donors (Lipinski definition) is 1. The maximum absolute atomic E-state index is 13.0. The van der Waals surface area contributed by atoms with Crippen molar-refractivity contribution in [1.82, 2.24) is 4.90 Å². The molecule has 0 radical (unpaired) electrons. The van der Waals surface area contributed by atoms with E-state index in [4.69, 9.17) is 9.52 Å². The van der Waals surface area contributed by atoms with Crippen LogP contribution in [-0.2, 0) is 13.2 Å². The maximum atomic E-state index is 13.0. The Bertz CT molecular complexity index is 564. The van der Waals surface area contributed by atoms with Crippen LogP contribution in [0.3, 0.4) is 0 Å². The number of furan rings is 1. The Labute approximate surface area is 117 Å². The molecule has 3 rings (SSSR count). The van der Waals surface area contributed by atoms with E-state index in [1.54, 1.807) is 6.07 Å². The van der Waals surface area contributed by atoms with E-state index in [9.17, 15) is 4.39 Å². The van der Waals surface area contributed by atoms with Crippen molar-refractivity contribution in [2.24, 2.45) is 0 Å². The summed E-state index contributed by atoms with van der Waals surface area (Å²) < 4.78 is 18.6. The lowest BCUT2D eigenvalue weighted by Gasteiger charge is -2.23. The van der Waals surface area contributed by atoms with Crippen molar-refractivity contribution in [3.05, 3.63) is 59.3 Å². The minimum Gasteiger partial charge on any atom is -0.462 e. The van der Waals surface area contributed by atoms with E-state index in [-0.39, 0.29) is 12.4 Å². The standard InChI is InChI=1S/C16H18FNO2/c17-13-5-3-12(4-6-13)16-2-1-9-18(16)10-14-7-8-15(11-19)20-14/h3-8,16,19H,1-2,9-11H2/t16-/m0/s1. The predicted molar refractivity (Wildman–Crippen MR) is 73.4 cm³/mol. The molecular weight excluding hydrogens is 257 g/mol. The average Bonchev–Trinajstić information content (AvgIpc) is 3.09. The molecule has 1 aliphatic heterocycles. The molecule has 4 heteroatoms. The highest BCUT2D eigenvalue weighted by molar-refractivity contribution is 5.21. The maximum Gasteiger partial charge on any atom is 0.129 e. The van der Waals surface area contributed by atoms with E-state index in [0.29, 0.717) is 11.8 Å². The van der Waals surface area contributed by atoms with Gasteiger partial charge in [0.05, 0.1) is 6.54 Å². The largest absolute Gasteiger partial charge is 0.462 e. The molecule has 1 aromatic heterocycles. The molecule has 2 heterocycles. The van der Waals surface area contributed by atoms with Gasteiger partial charge in [-0.3, -0.25) is 4.90 Å². The van der Waals surface area contributed by atoms with Gasteiger partial charge in [-0.05, 0) is 49.2 Å². The second-order valence-corrected chi connectivity index (χ2v) is 5.21. The number of aliphatic hydroxyl groups excluding tert-OH is 1. The molecular formula is C16H18FNO2. The Morgan fingerprint density at radius 2 is 1.90 bits per heavy atom. The smallest absolute Gasteiger partial charge is 0.129 e. The van der Waals surface area contributed by atoms with E-state index in [1.165, 1.54) is 12.1 Å². The summed E-state index contributed by atoms with van der Waals surface area (Å²) >= 11 is 0. The Balaban J connectivity index is 1.73. The van der Waals surface area contributed by atoms with Gasteiger partial charge in [0.25, 0.3) is 0 Å². The van der Waals surface area contributed by atoms with Crippen LogP contribution in [0, 0.1) is 5.82 Å². The van der Waals surface area contributed by atoms with Gasteiger partial charge in [0.2, 0.25) is 0 Å². The number of likely N-dealkylation sites (tertiary alicyclic amines) is 1. The molecule has 1 aliphatic rings. The van der Waals surface area contributed by atoms with Crippen LogP contribution in [0.25, 0.3) is 0 Å². The molecule has 1 N–H and O–H groups in total. The van der Waals surface area contributed by atoms with Gasteiger partial charge in [0, 0.05) is 6.04 Å². The summed E-state index contributed by atoms with van der Waals surface area (Å²) in [5.41, 5.74) is 1.15. The number of aliphatic hydroxyl groups is 1. The van der Waals surface area contributed by atoms with E-state index >= 15 is 0 Å². The monoisotopic (exact) mass is 275 g/mol. The first-order chi connectivity index (χ1) is 9.76. The number of nitrogens with zero attached hydrogens (tertiary/aromatic N) is 1. The van der Waals surface area contributed by atoms with Crippen molar-refractivity contribution in [2.75, 3.05) is 6.54 Å². The molecule has 106 valence electrons. The zero-order valence-corrected chi connectivity index (χ0v) is 11.3. The predicted octanol–water partition coefficient (Wildman–Crippen LogP) is 3.25. The van der Waals surface area contributed by atoms with Gasteiger partial charge >= 0.3 is 0 Å². The summed E-state index contributed by atoms with van der Waals surface area (Å²) in [5, 5.41) is 9.02. The molecule has 0 spiro atoms. The van der Waals surface area contributed by atoms with Crippen LogP contribution in [-0.4, -0.2) is 16.6 Å². The number of benzene rings is 1. The first-order valence-corrected chi connectivity index (χ1v) is 6.94. The highest BCUT2D eigenvalue weighted by atomic mass is 19.1. The number of hydrogen-bond acceptors (Lipinski definition) is 3. The van der Waals surface area contributed by atoms with Gasteiger partial charge in [-0.15, -0.1) is 0 Å². The summed E-state index contributed by atoms with van der Waals surface area (Å²) in [4.78, 5) is 2.34. The normalized spacial score (nSPS) is 19.6. The molecule has 1 saturated heterocycles. The summed E-state index contributed by atoms with van der Waals surface area (Å²) in [6.45, 7) is 1.67. The van der Waals surface area contributed by atoms with Crippen LogP contribution >= 0.6 is 0 Å². The highest BCUT2D eigenvalue weighted by Gasteiger charge is 2.26. The third-order valence-corrected chi connectivity index (χ3v) is 3.85. The molecule has 0 amide bonds. The van der Waals surface area contributed by atoms with Crippen LogP contribution in [0.1, 0.15) is 36.0 Å². The zero-order chi connectivity index (χ0) is 13.9. The van der Waals surface area contributed by atoms with Gasteiger partial charge in [-0.25, -0.2) is 4.39 Å². The molecule has 1 aromatic carbocycles. The summed E-state index contributed by atoms with van der Waals surface area (Å²) in [7, 11) is 0. The van der Waals surface area contributed by atoms with E-state index in [2.05, 4.69) is 4.90 Å². The second-order valence-electron chi connectivity index (χ2n) is 5.21. The van der Waals surface area contributed by atoms with Crippen molar-refractivity contribution in [3.8, 4) is 0 Å². The third kappa shape index (κ3) is 2.76. The van der Waals surface area contributed by atoms with Gasteiger partial charge in [-0.1, -0.05) is 12.1 Å². The summed E-state index contributed by atoms with van der Waals surface area (Å²) in [5.74, 6) is 1.26. The Hall–Kier alpha value is -1.65. The van der Waals surface area contributed by atoms with Crippen LogP contribution < -0.4 is 0 Å². The second kappa shape index (κ2) is 5.77. The fourth-order valence-electron chi connectivity index (χ4n) is 2.87. The van der Waals surface area contributed by atoms with Gasteiger partial charge < -0.3 is 9.52 Å². The lowest BCUT2D eigenvalue weighted by Crippen LogP contribution is -2.22. The molecule has 2 aromatic rings.